The van der Waals surface area contributed by atoms with Crippen molar-refractivity contribution in [2.45, 2.75) is 13.8 Å². The Morgan fingerprint density at radius 2 is 1.81 bits per heavy atom. The molecule has 1 rings (SSSR count). The number of rotatable bonds is 3. The zero-order valence-electron chi connectivity index (χ0n) is 8.78. The van der Waals surface area contributed by atoms with Crippen molar-refractivity contribution in [2.24, 2.45) is 5.41 Å². The number of benzene rings is 1. The van der Waals surface area contributed by atoms with E-state index in [-0.39, 0.29) is 10.4 Å². The average Bonchev–Trinajstić information content (AvgIpc) is 2.15. The van der Waals surface area contributed by atoms with Crippen molar-refractivity contribution >= 4 is 33.3 Å². The Hall–Kier alpha value is -0.480. The molecule has 0 fully saturated rings. The topological polar surface area (TPSA) is 17.1 Å². The van der Waals surface area contributed by atoms with E-state index < -0.39 is 28.4 Å². The van der Waals surface area contributed by atoms with Gasteiger partial charge in [0, 0.05) is 15.8 Å². The molecular formula is C11H10BrClF2O. The smallest absolute Gasteiger partial charge is 0.175 e. The van der Waals surface area contributed by atoms with Gasteiger partial charge < -0.3 is 0 Å². The molecule has 0 spiro atoms. The van der Waals surface area contributed by atoms with Gasteiger partial charge in [-0.15, -0.1) is 11.6 Å². The van der Waals surface area contributed by atoms with Gasteiger partial charge in [-0.1, -0.05) is 29.8 Å². The van der Waals surface area contributed by atoms with Crippen molar-refractivity contribution in [3.05, 3.63) is 33.8 Å². The Bertz CT molecular complexity index is 409. The molecule has 0 aliphatic heterocycles. The van der Waals surface area contributed by atoms with Crippen LogP contribution in [0.1, 0.15) is 24.2 Å². The van der Waals surface area contributed by atoms with Gasteiger partial charge in [-0.3, -0.25) is 4.79 Å². The summed E-state index contributed by atoms with van der Waals surface area (Å²) in [4.78, 5) is 11.9. The van der Waals surface area contributed by atoms with E-state index in [1.807, 2.05) is 0 Å². The molecule has 1 aromatic carbocycles. The minimum Gasteiger partial charge on any atom is -0.293 e. The lowest BCUT2D eigenvalue weighted by Crippen LogP contribution is -2.28. The van der Waals surface area contributed by atoms with E-state index >= 15 is 0 Å². The Morgan fingerprint density at radius 3 is 2.19 bits per heavy atom. The molecule has 0 N–H and O–H groups in total. The summed E-state index contributed by atoms with van der Waals surface area (Å²) in [6.45, 7) is 3.09. The standard InChI is InChI=1S/C11H10BrClF2O/c1-11(2,5-13)10(16)9-7(14)3-6(12)4-8(9)15/h3-4H,5H2,1-2H3. The van der Waals surface area contributed by atoms with Crippen LogP contribution in [-0.4, -0.2) is 11.7 Å². The maximum absolute atomic E-state index is 13.5. The van der Waals surface area contributed by atoms with Gasteiger partial charge in [0.05, 0.1) is 5.56 Å². The van der Waals surface area contributed by atoms with Gasteiger partial charge in [0.25, 0.3) is 0 Å². The summed E-state index contributed by atoms with van der Waals surface area (Å²) in [5, 5.41) is 0. The van der Waals surface area contributed by atoms with E-state index in [0.717, 1.165) is 12.1 Å². The van der Waals surface area contributed by atoms with Crippen molar-refractivity contribution in [3.63, 3.8) is 0 Å². The second-order valence-electron chi connectivity index (χ2n) is 4.09. The predicted octanol–water partition coefficient (Wildman–Crippen LogP) is 4.18. The maximum atomic E-state index is 13.5. The molecule has 0 unspecified atom stereocenters. The largest absolute Gasteiger partial charge is 0.293 e. The van der Waals surface area contributed by atoms with Gasteiger partial charge in [-0.2, -0.15) is 0 Å². The Balaban J connectivity index is 3.30. The van der Waals surface area contributed by atoms with Gasteiger partial charge in [0.2, 0.25) is 0 Å². The second kappa shape index (κ2) is 4.80. The molecule has 0 aliphatic rings. The zero-order chi connectivity index (χ0) is 12.5. The summed E-state index contributed by atoms with van der Waals surface area (Å²) in [7, 11) is 0. The highest BCUT2D eigenvalue weighted by Crippen LogP contribution is 2.28. The number of hydrogen-bond donors (Lipinski definition) is 0. The number of carbonyl (C=O) groups excluding carboxylic acids is 1. The lowest BCUT2D eigenvalue weighted by Gasteiger charge is -2.20. The van der Waals surface area contributed by atoms with Crippen LogP contribution in [-0.2, 0) is 0 Å². The second-order valence-corrected chi connectivity index (χ2v) is 5.27. The van der Waals surface area contributed by atoms with Crippen LogP contribution in [0.25, 0.3) is 0 Å². The third kappa shape index (κ3) is 2.61. The van der Waals surface area contributed by atoms with Gasteiger partial charge in [-0.05, 0) is 12.1 Å². The van der Waals surface area contributed by atoms with E-state index in [9.17, 15) is 13.6 Å². The number of ketones is 1. The van der Waals surface area contributed by atoms with E-state index in [2.05, 4.69) is 15.9 Å². The molecule has 1 nitrogen and oxygen atoms in total. The number of Topliss-reactive ketones (excluding diaryl/α,β-unsaturated/α-hetero) is 1. The Kier molecular flexibility index (Phi) is 4.07. The zero-order valence-corrected chi connectivity index (χ0v) is 11.1. The van der Waals surface area contributed by atoms with Crippen molar-refractivity contribution in [2.75, 3.05) is 5.88 Å². The van der Waals surface area contributed by atoms with Crippen LogP contribution in [0.5, 0.6) is 0 Å². The van der Waals surface area contributed by atoms with E-state index in [1.54, 1.807) is 13.8 Å². The van der Waals surface area contributed by atoms with E-state index in [0.29, 0.717) is 0 Å². The first-order chi connectivity index (χ1) is 7.29. The lowest BCUT2D eigenvalue weighted by molar-refractivity contribution is 0.0853. The molecule has 1 aromatic rings. The fraction of sp³-hybridized carbons (Fsp3) is 0.364. The third-order valence-electron chi connectivity index (χ3n) is 2.18. The summed E-state index contributed by atoms with van der Waals surface area (Å²) in [5.74, 6) is -2.39. The van der Waals surface area contributed by atoms with Crippen LogP contribution in [0.2, 0.25) is 0 Å². The van der Waals surface area contributed by atoms with Gasteiger partial charge in [0.15, 0.2) is 5.78 Å². The fourth-order valence-electron chi connectivity index (χ4n) is 1.16. The number of carbonyl (C=O) groups is 1. The summed E-state index contributed by atoms with van der Waals surface area (Å²) in [5.41, 5.74) is -1.52. The Morgan fingerprint density at radius 1 is 1.38 bits per heavy atom. The van der Waals surface area contributed by atoms with E-state index in [4.69, 9.17) is 11.6 Å². The molecule has 0 saturated carbocycles. The predicted molar refractivity (Wildman–Crippen MR) is 62.9 cm³/mol. The molecule has 0 amide bonds. The highest BCUT2D eigenvalue weighted by molar-refractivity contribution is 9.10. The minimum atomic E-state index is -0.989. The van der Waals surface area contributed by atoms with Crippen LogP contribution in [0, 0.1) is 17.0 Å². The first-order valence-corrected chi connectivity index (χ1v) is 5.87. The highest BCUT2D eigenvalue weighted by atomic mass is 79.9. The minimum absolute atomic E-state index is 0.000771. The fourth-order valence-corrected chi connectivity index (χ4v) is 1.68. The lowest BCUT2D eigenvalue weighted by atomic mass is 9.86. The molecule has 0 aromatic heterocycles. The summed E-state index contributed by atoms with van der Waals surface area (Å²) < 4.78 is 27.2. The van der Waals surface area contributed by atoms with Crippen molar-refractivity contribution in [3.8, 4) is 0 Å². The summed E-state index contributed by atoms with van der Waals surface area (Å²) >= 11 is 8.55. The van der Waals surface area contributed by atoms with Gasteiger partial charge in [-0.25, -0.2) is 8.78 Å². The van der Waals surface area contributed by atoms with Crippen LogP contribution in [0.4, 0.5) is 8.78 Å². The van der Waals surface area contributed by atoms with Crippen molar-refractivity contribution in [1.29, 1.82) is 0 Å². The number of halogens is 4. The SMILES string of the molecule is CC(C)(CCl)C(=O)c1c(F)cc(Br)cc1F. The molecule has 0 heterocycles. The maximum Gasteiger partial charge on any atom is 0.175 e. The first-order valence-electron chi connectivity index (χ1n) is 4.55. The average molecular weight is 312 g/mol. The third-order valence-corrected chi connectivity index (χ3v) is 3.31. The molecule has 0 bridgehead atoms. The van der Waals surface area contributed by atoms with Gasteiger partial charge in [0.1, 0.15) is 11.6 Å². The van der Waals surface area contributed by atoms with Crippen molar-refractivity contribution in [1.82, 2.24) is 0 Å². The van der Waals surface area contributed by atoms with E-state index in [1.165, 1.54) is 0 Å². The molecule has 0 atom stereocenters. The molecule has 0 aliphatic carbocycles. The summed E-state index contributed by atoms with van der Waals surface area (Å²) in [6, 6.07) is 2.11. The number of hydrogen-bond acceptors (Lipinski definition) is 1. The molecule has 0 saturated heterocycles. The van der Waals surface area contributed by atoms with Gasteiger partial charge >= 0.3 is 0 Å². The quantitative estimate of drug-likeness (QED) is 0.605. The highest BCUT2D eigenvalue weighted by Gasteiger charge is 2.32. The monoisotopic (exact) mass is 310 g/mol. The molecule has 88 valence electrons. The van der Waals surface area contributed by atoms with Crippen molar-refractivity contribution < 1.29 is 13.6 Å². The molecule has 0 radical (unpaired) electrons. The number of alkyl halides is 1. The molecular weight excluding hydrogens is 301 g/mol. The van der Waals surface area contributed by atoms with Crippen LogP contribution >= 0.6 is 27.5 Å². The van der Waals surface area contributed by atoms with Crippen LogP contribution in [0.3, 0.4) is 0 Å². The van der Waals surface area contributed by atoms with Crippen LogP contribution < -0.4 is 0 Å². The molecule has 16 heavy (non-hydrogen) atoms. The van der Waals surface area contributed by atoms with Crippen LogP contribution in [0.15, 0.2) is 16.6 Å². The normalized spacial score (nSPS) is 11.6. The molecule has 5 heteroatoms. The summed E-state index contributed by atoms with van der Waals surface area (Å²) in [6.07, 6.45) is 0. The Labute approximate surface area is 106 Å². The first kappa shape index (κ1) is 13.6.